The van der Waals surface area contributed by atoms with Crippen LogP contribution in [0.15, 0.2) is 182 Å². The van der Waals surface area contributed by atoms with E-state index >= 15 is 0 Å². The fraction of sp³-hybridized carbons (Fsp3) is 0. The minimum atomic E-state index is 0.919. The molecule has 0 unspecified atom stereocenters. The summed E-state index contributed by atoms with van der Waals surface area (Å²) in [5.74, 6) is 0. The van der Waals surface area contributed by atoms with Gasteiger partial charge >= 0.3 is 0 Å². The maximum absolute atomic E-state index is 4.87. The van der Waals surface area contributed by atoms with E-state index < -0.39 is 0 Å². The zero-order valence-corrected chi connectivity index (χ0v) is 28.1. The van der Waals surface area contributed by atoms with Crippen molar-refractivity contribution in [1.82, 2.24) is 19.1 Å². The van der Waals surface area contributed by atoms with Crippen molar-refractivity contribution in [2.45, 2.75) is 0 Å². The molecule has 1 aliphatic carbocycles. The van der Waals surface area contributed by atoms with Crippen LogP contribution in [-0.2, 0) is 0 Å². The van der Waals surface area contributed by atoms with Gasteiger partial charge in [0.25, 0.3) is 0 Å². The van der Waals surface area contributed by atoms with Crippen molar-refractivity contribution in [2.75, 3.05) is 0 Å². The van der Waals surface area contributed by atoms with Crippen LogP contribution in [0.25, 0.3) is 77.5 Å². The summed E-state index contributed by atoms with van der Waals surface area (Å²) in [5, 5.41) is 4.99. The van der Waals surface area contributed by atoms with Crippen LogP contribution in [0.4, 0.5) is 0 Å². The molecule has 6 aromatic carbocycles. The van der Waals surface area contributed by atoms with Gasteiger partial charge in [0.05, 0.1) is 33.5 Å². The molecule has 0 atom stereocenters. The molecule has 4 nitrogen and oxygen atoms in total. The average Bonchev–Trinajstić information content (AvgIpc) is 3.85. The van der Waals surface area contributed by atoms with Crippen molar-refractivity contribution in [3.05, 3.63) is 205 Å². The predicted octanol–water partition coefficient (Wildman–Crippen LogP) is 11.7. The smallest absolute Gasteiger partial charge is 0.0971 e. The Bertz CT molecular complexity index is 2770. The predicted molar refractivity (Wildman–Crippen MR) is 214 cm³/mol. The van der Waals surface area contributed by atoms with E-state index in [0.29, 0.717) is 0 Å². The van der Waals surface area contributed by atoms with E-state index in [1.165, 1.54) is 43.6 Å². The molecule has 4 aromatic heterocycles. The largest absolute Gasteiger partial charge is 0.309 e. The van der Waals surface area contributed by atoms with Crippen LogP contribution in [0.5, 0.6) is 0 Å². The van der Waals surface area contributed by atoms with Gasteiger partial charge in [-0.25, -0.2) is 0 Å². The minimum absolute atomic E-state index is 0.919. The Morgan fingerprint density at radius 1 is 0.365 bits per heavy atom. The maximum Gasteiger partial charge on any atom is 0.0971 e. The lowest BCUT2D eigenvalue weighted by Crippen LogP contribution is -2.00. The molecular weight excluding hydrogens is 633 g/mol. The monoisotopic (exact) mass is 662 g/mol. The third kappa shape index (κ3) is 4.15. The molecule has 0 bridgehead atoms. The molecule has 0 aliphatic heterocycles. The number of aromatic nitrogens is 4. The highest BCUT2D eigenvalue weighted by atomic mass is 15.0. The quantitative estimate of drug-likeness (QED) is 0.188. The summed E-state index contributed by atoms with van der Waals surface area (Å²) in [4.78, 5) is 9.74. The molecule has 0 spiro atoms. The zero-order valence-electron chi connectivity index (χ0n) is 28.1. The van der Waals surface area contributed by atoms with Gasteiger partial charge in [-0.15, -0.1) is 0 Å². The van der Waals surface area contributed by atoms with Crippen LogP contribution in [-0.4, -0.2) is 19.1 Å². The fourth-order valence-corrected chi connectivity index (χ4v) is 8.46. The lowest BCUT2D eigenvalue weighted by atomic mass is 9.88. The summed E-state index contributed by atoms with van der Waals surface area (Å²) >= 11 is 0. The normalized spacial score (nSPS) is 12.2. The first-order valence-corrected chi connectivity index (χ1v) is 17.7. The third-order valence-electron chi connectivity index (χ3n) is 10.6. The molecule has 11 rings (SSSR count). The number of rotatable bonds is 4. The molecule has 0 amide bonds. The van der Waals surface area contributed by atoms with E-state index in [2.05, 4.69) is 167 Å². The van der Waals surface area contributed by atoms with Gasteiger partial charge in [0.1, 0.15) is 0 Å². The summed E-state index contributed by atoms with van der Waals surface area (Å²) in [7, 11) is 0. The molecule has 10 aromatic rings. The molecule has 4 heteroatoms. The van der Waals surface area contributed by atoms with E-state index in [1.807, 2.05) is 24.5 Å². The molecule has 4 heterocycles. The van der Waals surface area contributed by atoms with E-state index in [-0.39, 0.29) is 0 Å². The van der Waals surface area contributed by atoms with Gasteiger partial charge in [-0.05, 0) is 77.4 Å². The number of pyridine rings is 2. The van der Waals surface area contributed by atoms with Gasteiger partial charge < -0.3 is 9.13 Å². The highest BCUT2D eigenvalue weighted by molar-refractivity contribution is 6.13. The highest BCUT2D eigenvalue weighted by Gasteiger charge is 2.29. The molecule has 52 heavy (non-hydrogen) atoms. The standard InChI is InChI=1S/C48H30N4/c1-5-23-41-35(17-1)36-18-2-6-24-42(36)51(41)33-15-9-13-31(29-33)45(46-39-21-11-27-49-47(39)48-40(46)22-12-28-50-48)32-14-10-16-34(30-32)52-43-25-7-3-19-37(43)38-20-4-8-26-44(38)52/h1-30H. The van der Waals surface area contributed by atoms with Crippen molar-refractivity contribution in [3.8, 4) is 22.8 Å². The van der Waals surface area contributed by atoms with Crippen molar-refractivity contribution in [1.29, 1.82) is 0 Å². The number of benzene rings is 6. The van der Waals surface area contributed by atoms with Gasteiger partial charge in [0.2, 0.25) is 0 Å². The van der Waals surface area contributed by atoms with Crippen LogP contribution in [0.2, 0.25) is 0 Å². The summed E-state index contributed by atoms with van der Waals surface area (Å²) in [5.41, 5.74) is 15.5. The second kappa shape index (κ2) is 11.2. The molecule has 0 fully saturated rings. The van der Waals surface area contributed by atoms with Crippen LogP contribution in [0.1, 0.15) is 22.3 Å². The Balaban J connectivity index is 1.21. The van der Waals surface area contributed by atoms with E-state index in [0.717, 1.165) is 56.2 Å². The summed E-state index contributed by atoms with van der Waals surface area (Å²) in [6.45, 7) is 0. The van der Waals surface area contributed by atoms with E-state index in [9.17, 15) is 0 Å². The van der Waals surface area contributed by atoms with Gasteiger partial charge in [-0.1, -0.05) is 109 Å². The minimum Gasteiger partial charge on any atom is -0.309 e. The zero-order chi connectivity index (χ0) is 34.2. The maximum atomic E-state index is 4.87. The van der Waals surface area contributed by atoms with Gasteiger partial charge in [0.15, 0.2) is 0 Å². The number of fused-ring (bicyclic) bond motifs is 9. The molecule has 0 saturated heterocycles. The van der Waals surface area contributed by atoms with Crippen molar-refractivity contribution in [2.24, 2.45) is 0 Å². The summed E-state index contributed by atoms with van der Waals surface area (Å²) in [6, 6.07) is 61.2. The lowest BCUT2D eigenvalue weighted by Gasteiger charge is -2.18. The van der Waals surface area contributed by atoms with Crippen LogP contribution >= 0.6 is 0 Å². The first-order chi connectivity index (χ1) is 25.8. The first kappa shape index (κ1) is 28.8. The topological polar surface area (TPSA) is 35.6 Å². The highest BCUT2D eigenvalue weighted by Crippen LogP contribution is 2.48. The fourth-order valence-electron chi connectivity index (χ4n) is 8.46. The molecule has 0 N–H and O–H groups in total. The Kier molecular flexibility index (Phi) is 6.22. The molecule has 0 radical (unpaired) electrons. The third-order valence-corrected chi connectivity index (χ3v) is 10.6. The average molecular weight is 663 g/mol. The second-order valence-corrected chi connectivity index (χ2v) is 13.4. The van der Waals surface area contributed by atoms with Crippen molar-refractivity contribution >= 4 is 54.8 Å². The Hall–Kier alpha value is -7.04. The Morgan fingerprint density at radius 3 is 1.15 bits per heavy atom. The number of hydrogen-bond acceptors (Lipinski definition) is 2. The van der Waals surface area contributed by atoms with Crippen molar-refractivity contribution < 1.29 is 0 Å². The summed E-state index contributed by atoms with van der Waals surface area (Å²) in [6.07, 6.45) is 3.73. The molecule has 242 valence electrons. The number of nitrogens with zero attached hydrogens (tertiary/aromatic N) is 4. The van der Waals surface area contributed by atoms with E-state index in [4.69, 9.17) is 9.97 Å². The SMILES string of the molecule is c1cc(C(=C2c3cccnc3-c3ncccc32)c2cccc(-n3c4ccccc4c4ccccc43)c2)cc(-n2c3ccccc3c3ccccc32)c1. The second-order valence-electron chi connectivity index (χ2n) is 13.4. The molecule has 0 saturated carbocycles. The Labute approximate surface area is 300 Å². The van der Waals surface area contributed by atoms with Crippen LogP contribution in [0.3, 0.4) is 0 Å². The lowest BCUT2D eigenvalue weighted by molar-refractivity contribution is 1.17. The van der Waals surface area contributed by atoms with E-state index in [1.54, 1.807) is 0 Å². The van der Waals surface area contributed by atoms with Crippen LogP contribution in [0, 0.1) is 0 Å². The Morgan fingerprint density at radius 2 is 0.750 bits per heavy atom. The van der Waals surface area contributed by atoms with Gasteiger partial charge in [-0.3, -0.25) is 9.97 Å². The number of para-hydroxylation sites is 4. The van der Waals surface area contributed by atoms with Gasteiger partial charge in [0, 0.05) is 62.0 Å². The van der Waals surface area contributed by atoms with Crippen LogP contribution < -0.4 is 0 Å². The summed E-state index contributed by atoms with van der Waals surface area (Å²) < 4.78 is 4.79. The van der Waals surface area contributed by atoms with Crippen molar-refractivity contribution in [3.63, 3.8) is 0 Å². The molecular formula is C48H30N4. The molecule has 1 aliphatic rings. The van der Waals surface area contributed by atoms with Gasteiger partial charge in [-0.2, -0.15) is 0 Å². The number of hydrogen-bond donors (Lipinski definition) is 0. The first-order valence-electron chi connectivity index (χ1n) is 17.7.